The lowest BCUT2D eigenvalue weighted by Crippen LogP contribution is -2.53. The molecule has 0 aliphatic rings. The van der Waals surface area contributed by atoms with Gasteiger partial charge in [0.1, 0.15) is 29.9 Å². The number of ether oxygens (including phenoxy) is 4. The van der Waals surface area contributed by atoms with Crippen LogP contribution in [-0.4, -0.2) is 33.1 Å². The quantitative estimate of drug-likeness (QED) is 0.106. The molecule has 5 aromatic carbocycles. The summed E-state index contributed by atoms with van der Waals surface area (Å²) < 4.78 is 34.6. The third kappa shape index (κ3) is 7.33. The van der Waals surface area contributed by atoms with Crippen LogP contribution in [0.2, 0.25) is 0 Å². The van der Waals surface area contributed by atoms with E-state index in [0.717, 1.165) is 22.3 Å². The van der Waals surface area contributed by atoms with Gasteiger partial charge in [-0.2, -0.15) is 0 Å². The van der Waals surface area contributed by atoms with E-state index in [-0.39, 0.29) is 6.61 Å². The minimum atomic E-state index is -0.918. The number of esters is 1. The largest absolute Gasteiger partial charge is 0.497 e. The summed E-state index contributed by atoms with van der Waals surface area (Å²) in [7, 11) is 3.15. The Balaban J connectivity index is 1.57. The van der Waals surface area contributed by atoms with Gasteiger partial charge in [0.15, 0.2) is 0 Å². The van der Waals surface area contributed by atoms with E-state index >= 15 is 0 Å². The van der Waals surface area contributed by atoms with Gasteiger partial charge >= 0.3 is 5.97 Å². The number of hydrogen-bond acceptors (Lipinski definition) is 6. The van der Waals surface area contributed by atoms with E-state index in [9.17, 15) is 9.18 Å². The Bertz CT molecular complexity index is 1550. The Morgan fingerprint density at radius 1 is 0.711 bits per heavy atom. The molecule has 1 atom stereocenters. The summed E-state index contributed by atoms with van der Waals surface area (Å²) in [5.41, 5.74) is 3.53. The number of hydrogen-bond donors (Lipinski definition) is 1. The molecule has 7 heteroatoms. The Kier molecular flexibility index (Phi) is 10.5. The first-order chi connectivity index (χ1) is 22.1. The van der Waals surface area contributed by atoms with E-state index < -0.39 is 24.4 Å². The number of carbonyl (C=O) groups excluding carboxylic acids is 1. The molecule has 0 amide bonds. The summed E-state index contributed by atoms with van der Waals surface area (Å²) in [4.78, 5) is 14.2. The van der Waals surface area contributed by atoms with Crippen molar-refractivity contribution in [2.45, 2.75) is 24.6 Å². The monoisotopic (exact) mass is 605 g/mol. The fourth-order valence-electron chi connectivity index (χ4n) is 5.51. The van der Waals surface area contributed by atoms with Crippen LogP contribution in [-0.2, 0) is 28.1 Å². The second-order valence-electron chi connectivity index (χ2n) is 10.4. The number of nitrogens with one attached hydrogen (secondary N) is 1. The molecule has 5 aromatic rings. The standard InChI is InChI=1S/C38H36FNO5/c1-42-34-23-20-29(36(25-34)43-2)26-44-37(41)35(24-28-18-21-33(22-19-28)45-27-39)40-38(30-12-6-3-7-13-30,31-14-8-4-9-15-31)32-16-10-5-11-17-32/h3-23,25,35,40H,24,26-27H2,1-2H3/t35-/m1/s1. The maximum absolute atomic E-state index is 14.2. The number of methoxy groups -OCH3 is 2. The Labute approximate surface area is 263 Å². The molecule has 0 radical (unpaired) electrons. The number of alkyl halides is 1. The number of benzene rings is 5. The van der Waals surface area contributed by atoms with E-state index in [4.69, 9.17) is 18.9 Å². The van der Waals surface area contributed by atoms with Crippen molar-refractivity contribution in [2.75, 3.05) is 21.1 Å². The third-order valence-electron chi connectivity index (χ3n) is 7.74. The van der Waals surface area contributed by atoms with E-state index in [0.29, 0.717) is 29.2 Å². The van der Waals surface area contributed by atoms with E-state index in [1.165, 1.54) is 0 Å². The lowest BCUT2D eigenvalue weighted by Gasteiger charge is -2.39. The van der Waals surface area contributed by atoms with Crippen LogP contribution >= 0.6 is 0 Å². The lowest BCUT2D eigenvalue weighted by molar-refractivity contribution is -0.148. The Morgan fingerprint density at radius 3 is 1.73 bits per heavy atom. The van der Waals surface area contributed by atoms with Crippen molar-refractivity contribution >= 4 is 5.97 Å². The van der Waals surface area contributed by atoms with Crippen molar-refractivity contribution in [3.05, 3.63) is 161 Å². The van der Waals surface area contributed by atoms with E-state index in [1.54, 1.807) is 38.5 Å². The topological polar surface area (TPSA) is 66.0 Å². The molecule has 0 fully saturated rings. The number of carbonyl (C=O) groups is 1. The molecule has 6 nitrogen and oxygen atoms in total. The molecule has 1 N–H and O–H groups in total. The molecule has 0 saturated heterocycles. The van der Waals surface area contributed by atoms with Gasteiger partial charge in [-0.25, -0.2) is 4.39 Å². The zero-order valence-electron chi connectivity index (χ0n) is 25.3. The van der Waals surface area contributed by atoms with Crippen molar-refractivity contribution in [1.82, 2.24) is 5.32 Å². The normalized spacial score (nSPS) is 11.8. The van der Waals surface area contributed by atoms with Gasteiger partial charge in [-0.05, 0) is 52.9 Å². The van der Waals surface area contributed by atoms with Crippen LogP contribution < -0.4 is 19.5 Å². The fraction of sp³-hybridized carbons (Fsp3) is 0.184. The minimum Gasteiger partial charge on any atom is -0.497 e. The summed E-state index contributed by atoms with van der Waals surface area (Å²) >= 11 is 0. The van der Waals surface area contributed by atoms with Crippen molar-refractivity contribution in [3.63, 3.8) is 0 Å². The van der Waals surface area contributed by atoms with Gasteiger partial charge in [-0.15, -0.1) is 0 Å². The second-order valence-corrected chi connectivity index (χ2v) is 10.4. The minimum absolute atomic E-state index is 0.00245. The van der Waals surface area contributed by atoms with Crippen LogP contribution in [0.25, 0.3) is 0 Å². The van der Waals surface area contributed by atoms with E-state index in [1.807, 2.05) is 72.8 Å². The predicted molar refractivity (Wildman–Crippen MR) is 172 cm³/mol. The molecule has 0 aliphatic heterocycles. The first-order valence-electron chi connectivity index (χ1n) is 14.7. The highest BCUT2D eigenvalue weighted by molar-refractivity contribution is 5.77. The van der Waals surface area contributed by atoms with E-state index in [2.05, 4.69) is 41.7 Å². The molecule has 0 bridgehead atoms. The summed E-state index contributed by atoms with van der Waals surface area (Å²) in [5.74, 6) is 1.17. The number of rotatable bonds is 14. The molecule has 0 saturated carbocycles. The van der Waals surface area contributed by atoms with Crippen LogP contribution in [0.3, 0.4) is 0 Å². The zero-order valence-corrected chi connectivity index (χ0v) is 25.3. The Morgan fingerprint density at radius 2 is 1.24 bits per heavy atom. The Hall–Kier alpha value is -5.14. The van der Waals surface area contributed by atoms with Gasteiger partial charge in [-0.1, -0.05) is 103 Å². The predicted octanol–water partition coefficient (Wildman–Crippen LogP) is 7.25. The summed E-state index contributed by atoms with van der Waals surface area (Å²) in [6.45, 7) is -0.916. The van der Waals surface area contributed by atoms with Crippen molar-refractivity contribution in [3.8, 4) is 17.2 Å². The smallest absolute Gasteiger partial charge is 0.323 e. The molecule has 45 heavy (non-hydrogen) atoms. The zero-order chi connectivity index (χ0) is 31.5. The molecule has 5 rings (SSSR count). The first kappa shape index (κ1) is 31.3. The molecular weight excluding hydrogens is 569 g/mol. The number of halogens is 1. The molecule has 0 heterocycles. The van der Waals surface area contributed by atoms with Gasteiger partial charge in [0.25, 0.3) is 0 Å². The summed E-state index contributed by atoms with van der Waals surface area (Å²) in [5, 5.41) is 3.77. The summed E-state index contributed by atoms with van der Waals surface area (Å²) in [6.07, 6.45) is 0.294. The molecule has 230 valence electrons. The molecule has 0 unspecified atom stereocenters. The van der Waals surface area contributed by atoms with Crippen LogP contribution in [0.4, 0.5) is 4.39 Å². The molecule has 0 aliphatic carbocycles. The van der Waals surface area contributed by atoms with Crippen LogP contribution in [0, 0.1) is 0 Å². The second kappa shape index (κ2) is 15.0. The van der Waals surface area contributed by atoms with Crippen molar-refractivity contribution in [1.29, 1.82) is 0 Å². The van der Waals surface area contributed by atoms with Gasteiger partial charge in [0.2, 0.25) is 6.86 Å². The SMILES string of the molecule is COc1ccc(COC(=O)[C@@H](Cc2ccc(OCF)cc2)NC(c2ccccc2)(c2ccccc2)c2ccccc2)c(OC)c1. The van der Waals surface area contributed by atoms with Gasteiger partial charge in [-0.3, -0.25) is 10.1 Å². The van der Waals surface area contributed by atoms with Crippen LogP contribution in [0.1, 0.15) is 27.8 Å². The highest BCUT2D eigenvalue weighted by Crippen LogP contribution is 2.38. The fourth-order valence-corrected chi connectivity index (χ4v) is 5.51. The lowest BCUT2D eigenvalue weighted by atomic mass is 9.76. The maximum atomic E-state index is 14.2. The van der Waals surface area contributed by atoms with Crippen molar-refractivity contribution < 1.29 is 28.1 Å². The third-order valence-corrected chi connectivity index (χ3v) is 7.74. The average Bonchev–Trinajstić information content (AvgIpc) is 3.11. The summed E-state index contributed by atoms with van der Waals surface area (Å²) in [6, 6.07) is 41.8. The molecule has 0 aromatic heterocycles. The highest BCUT2D eigenvalue weighted by Gasteiger charge is 2.40. The first-order valence-corrected chi connectivity index (χ1v) is 14.7. The molecular formula is C38H36FNO5. The maximum Gasteiger partial charge on any atom is 0.323 e. The van der Waals surface area contributed by atoms with Gasteiger partial charge < -0.3 is 18.9 Å². The van der Waals surface area contributed by atoms with Crippen molar-refractivity contribution in [2.24, 2.45) is 0 Å². The highest BCUT2D eigenvalue weighted by atomic mass is 19.1. The van der Waals surface area contributed by atoms with Crippen LogP contribution in [0.5, 0.6) is 17.2 Å². The average molecular weight is 606 g/mol. The van der Waals surface area contributed by atoms with Gasteiger partial charge in [0.05, 0.1) is 19.8 Å². The van der Waals surface area contributed by atoms with Gasteiger partial charge in [0, 0.05) is 11.6 Å². The molecule has 0 spiro atoms. The van der Waals surface area contributed by atoms with Crippen LogP contribution in [0.15, 0.2) is 133 Å².